The molecule has 0 aliphatic carbocycles. The van der Waals surface area contributed by atoms with Gasteiger partial charge in [-0.25, -0.2) is 0 Å². The van der Waals surface area contributed by atoms with E-state index in [1.54, 1.807) is 25.4 Å². The molecule has 0 radical (unpaired) electrons. The molecule has 0 spiro atoms. The van der Waals surface area contributed by atoms with Crippen LogP contribution in [0.5, 0.6) is 0 Å². The lowest BCUT2D eigenvalue weighted by Gasteiger charge is -1.90. The van der Waals surface area contributed by atoms with Crippen LogP contribution >= 0.6 is 11.6 Å². The molecule has 5 nitrogen and oxygen atoms in total. The summed E-state index contributed by atoms with van der Waals surface area (Å²) in [5.41, 5.74) is 0.732. The van der Waals surface area contributed by atoms with Crippen molar-refractivity contribution in [3.63, 3.8) is 0 Å². The Labute approximate surface area is 85.1 Å². The van der Waals surface area contributed by atoms with Gasteiger partial charge in [-0.1, -0.05) is 5.16 Å². The summed E-state index contributed by atoms with van der Waals surface area (Å²) in [4.78, 5) is 4.10. The Morgan fingerprint density at radius 2 is 2.29 bits per heavy atom. The van der Waals surface area contributed by atoms with Crippen LogP contribution in [0.2, 0.25) is 0 Å². The zero-order chi connectivity index (χ0) is 9.97. The number of hydrogen-bond acceptors (Lipinski definition) is 5. The van der Waals surface area contributed by atoms with E-state index in [1.807, 2.05) is 0 Å². The first-order valence-corrected chi connectivity index (χ1v) is 4.46. The second-order valence-electron chi connectivity index (χ2n) is 2.70. The molecule has 0 aliphatic rings. The summed E-state index contributed by atoms with van der Waals surface area (Å²) in [6, 6.07) is 1.74. The number of aromatic nitrogens is 4. The number of hydrogen-bond donors (Lipinski definition) is 0. The van der Waals surface area contributed by atoms with Gasteiger partial charge in [0.1, 0.15) is 0 Å². The monoisotopic (exact) mass is 210 g/mol. The fourth-order valence-corrected chi connectivity index (χ4v) is 1.02. The number of halogens is 1. The van der Waals surface area contributed by atoms with Gasteiger partial charge in [0.15, 0.2) is 5.82 Å². The van der Waals surface area contributed by atoms with Crippen molar-refractivity contribution in [2.75, 3.05) is 0 Å². The molecule has 0 aromatic carbocycles. The second-order valence-corrected chi connectivity index (χ2v) is 3.36. The molecular formula is C8H7ClN4O. The summed E-state index contributed by atoms with van der Waals surface area (Å²) in [5, 5.41) is 10.8. The Morgan fingerprint density at radius 1 is 1.43 bits per heavy atom. The first-order chi connectivity index (χ1) is 6.77. The average molecular weight is 211 g/mol. The third-order valence-electron chi connectivity index (χ3n) is 1.63. The van der Waals surface area contributed by atoms with E-state index in [0.717, 1.165) is 5.56 Å². The molecule has 0 bridgehead atoms. The fourth-order valence-electron chi connectivity index (χ4n) is 0.931. The zero-order valence-electron chi connectivity index (χ0n) is 7.38. The van der Waals surface area contributed by atoms with E-state index < -0.39 is 0 Å². The van der Waals surface area contributed by atoms with Crippen LogP contribution in [-0.4, -0.2) is 20.3 Å². The van der Waals surface area contributed by atoms with E-state index in [0.29, 0.717) is 11.7 Å². The Kier molecular flexibility index (Phi) is 2.41. The van der Waals surface area contributed by atoms with Crippen LogP contribution in [0.4, 0.5) is 0 Å². The maximum Gasteiger partial charge on any atom is 0.259 e. The third-order valence-corrected chi connectivity index (χ3v) is 1.82. The summed E-state index contributed by atoms with van der Waals surface area (Å²) in [6.07, 6.45) is 3.11. The molecule has 2 aromatic rings. The summed E-state index contributed by atoms with van der Waals surface area (Å²) in [5.74, 6) is 0.876. The first kappa shape index (κ1) is 9.08. The molecule has 2 aromatic heterocycles. The topological polar surface area (TPSA) is 64.7 Å². The minimum atomic E-state index is -0.262. The Bertz CT molecular complexity index is 414. The smallest absolute Gasteiger partial charge is 0.259 e. The van der Waals surface area contributed by atoms with Gasteiger partial charge in [0, 0.05) is 0 Å². The van der Waals surface area contributed by atoms with Crippen molar-refractivity contribution in [1.29, 1.82) is 0 Å². The molecular weight excluding hydrogens is 204 g/mol. The normalized spacial score (nSPS) is 12.7. The van der Waals surface area contributed by atoms with Gasteiger partial charge in [0.25, 0.3) is 5.89 Å². The summed E-state index contributed by atoms with van der Waals surface area (Å²) in [7, 11) is 0. The van der Waals surface area contributed by atoms with Crippen LogP contribution in [0.15, 0.2) is 23.0 Å². The Morgan fingerprint density at radius 3 is 2.86 bits per heavy atom. The number of rotatable bonds is 2. The predicted octanol–water partition coefficient (Wildman–Crippen LogP) is 1.83. The van der Waals surface area contributed by atoms with E-state index in [4.69, 9.17) is 16.1 Å². The van der Waals surface area contributed by atoms with Crippen molar-refractivity contribution in [3.8, 4) is 11.5 Å². The van der Waals surface area contributed by atoms with Gasteiger partial charge in [0.05, 0.1) is 23.3 Å². The second kappa shape index (κ2) is 3.71. The Hall–Kier alpha value is -1.49. The maximum absolute atomic E-state index is 5.79. The van der Waals surface area contributed by atoms with Crippen LogP contribution in [0, 0.1) is 0 Å². The Balaban J connectivity index is 2.34. The van der Waals surface area contributed by atoms with Crippen LogP contribution in [0.3, 0.4) is 0 Å². The number of alkyl halides is 1. The molecule has 0 saturated heterocycles. The van der Waals surface area contributed by atoms with E-state index in [2.05, 4.69) is 20.3 Å². The van der Waals surface area contributed by atoms with Crippen molar-refractivity contribution in [2.45, 2.75) is 12.3 Å². The van der Waals surface area contributed by atoms with Crippen molar-refractivity contribution in [1.82, 2.24) is 20.3 Å². The molecule has 1 atom stereocenters. The van der Waals surface area contributed by atoms with Crippen molar-refractivity contribution >= 4 is 11.6 Å². The van der Waals surface area contributed by atoms with Crippen LogP contribution < -0.4 is 0 Å². The average Bonchev–Trinajstić information content (AvgIpc) is 2.68. The standard InChI is InChI=1S/C8H7ClN4O/c1-5(9)7-12-8(14-13-7)6-2-3-10-11-4-6/h2-5H,1H3. The fraction of sp³-hybridized carbons (Fsp3) is 0.250. The minimum Gasteiger partial charge on any atom is -0.334 e. The third kappa shape index (κ3) is 1.72. The minimum absolute atomic E-state index is 0.262. The highest BCUT2D eigenvalue weighted by Gasteiger charge is 2.12. The van der Waals surface area contributed by atoms with Crippen molar-refractivity contribution in [2.24, 2.45) is 0 Å². The largest absolute Gasteiger partial charge is 0.334 e. The van der Waals surface area contributed by atoms with Gasteiger partial charge in [-0.3, -0.25) is 0 Å². The SMILES string of the molecule is CC(Cl)c1noc(-c2ccnnc2)n1. The maximum atomic E-state index is 5.79. The molecule has 0 fully saturated rings. The first-order valence-electron chi connectivity index (χ1n) is 4.02. The highest BCUT2D eigenvalue weighted by molar-refractivity contribution is 6.20. The lowest BCUT2D eigenvalue weighted by atomic mass is 10.3. The van der Waals surface area contributed by atoms with E-state index in [9.17, 15) is 0 Å². The lowest BCUT2D eigenvalue weighted by Crippen LogP contribution is -1.87. The van der Waals surface area contributed by atoms with Crippen LogP contribution in [0.25, 0.3) is 11.5 Å². The van der Waals surface area contributed by atoms with Gasteiger partial charge < -0.3 is 4.52 Å². The quantitative estimate of drug-likeness (QED) is 0.708. The summed E-state index contributed by atoms with van der Waals surface area (Å²) < 4.78 is 5.00. The molecule has 0 saturated carbocycles. The van der Waals surface area contributed by atoms with Crippen molar-refractivity contribution in [3.05, 3.63) is 24.3 Å². The van der Waals surface area contributed by atoms with Gasteiger partial charge in [-0.15, -0.1) is 11.6 Å². The molecule has 6 heteroatoms. The molecule has 2 rings (SSSR count). The molecule has 1 unspecified atom stereocenters. The predicted molar refractivity (Wildman–Crippen MR) is 49.6 cm³/mol. The van der Waals surface area contributed by atoms with E-state index in [1.165, 1.54) is 0 Å². The summed E-state index contributed by atoms with van der Waals surface area (Å²) in [6.45, 7) is 1.78. The highest BCUT2D eigenvalue weighted by atomic mass is 35.5. The van der Waals surface area contributed by atoms with Gasteiger partial charge >= 0.3 is 0 Å². The highest BCUT2D eigenvalue weighted by Crippen LogP contribution is 2.20. The summed E-state index contributed by atoms with van der Waals surface area (Å²) >= 11 is 5.79. The molecule has 14 heavy (non-hydrogen) atoms. The molecule has 2 heterocycles. The molecule has 72 valence electrons. The number of nitrogens with zero attached hydrogens (tertiary/aromatic N) is 4. The molecule has 0 amide bonds. The molecule has 0 N–H and O–H groups in total. The van der Waals surface area contributed by atoms with Gasteiger partial charge in [0.2, 0.25) is 0 Å². The van der Waals surface area contributed by atoms with E-state index >= 15 is 0 Å². The van der Waals surface area contributed by atoms with Crippen LogP contribution in [0.1, 0.15) is 18.1 Å². The zero-order valence-corrected chi connectivity index (χ0v) is 8.14. The van der Waals surface area contributed by atoms with Crippen molar-refractivity contribution < 1.29 is 4.52 Å². The lowest BCUT2D eigenvalue weighted by molar-refractivity contribution is 0.422. The molecule has 0 aliphatic heterocycles. The van der Waals surface area contributed by atoms with E-state index in [-0.39, 0.29) is 5.38 Å². The van der Waals surface area contributed by atoms with Crippen LogP contribution in [-0.2, 0) is 0 Å². The van der Waals surface area contributed by atoms with Gasteiger partial charge in [-0.2, -0.15) is 15.2 Å². The van der Waals surface area contributed by atoms with Gasteiger partial charge in [-0.05, 0) is 13.0 Å².